The summed E-state index contributed by atoms with van der Waals surface area (Å²) in [5, 5.41) is 1.29. The molecular formula is C26H26N. The molecule has 0 aliphatic heterocycles. The fraction of sp³-hybridized carbons (Fsp3) is 0.192. The number of hydrogen-bond acceptors (Lipinski definition) is 0. The van der Waals surface area contributed by atoms with Gasteiger partial charge in [-0.1, -0.05) is 85.8 Å². The van der Waals surface area contributed by atoms with Gasteiger partial charge in [0.2, 0.25) is 0 Å². The van der Waals surface area contributed by atoms with Crippen LogP contribution in [0.4, 0.5) is 0 Å². The number of para-hydroxylation sites is 1. The molecule has 1 heterocycles. The first-order valence-electron chi connectivity index (χ1n) is 9.77. The number of aromatic amines is 1. The molecule has 0 amide bonds. The predicted octanol–water partition coefficient (Wildman–Crippen LogP) is 6.72. The lowest BCUT2D eigenvalue weighted by atomic mass is 9.81. The number of H-pyrrole nitrogens is 1. The highest BCUT2D eigenvalue weighted by atomic mass is 14.7. The molecular weight excluding hydrogens is 326 g/mol. The Kier molecular flexibility index (Phi) is 5.39. The first kappa shape index (κ1) is 17.6. The minimum absolute atomic E-state index is 0.433. The molecule has 0 aliphatic carbocycles. The van der Waals surface area contributed by atoms with Crippen LogP contribution in [0.25, 0.3) is 10.9 Å². The normalized spacial score (nSPS) is 12.5. The minimum Gasteiger partial charge on any atom is -0.358 e. The largest absolute Gasteiger partial charge is 0.358 e. The van der Waals surface area contributed by atoms with Crippen molar-refractivity contribution in [2.24, 2.45) is 0 Å². The van der Waals surface area contributed by atoms with Crippen LogP contribution in [-0.2, 0) is 12.8 Å². The number of hydrogen-bond donors (Lipinski definition) is 1. The van der Waals surface area contributed by atoms with Gasteiger partial charge in [0.05, 0.1) is 0 Å². The van der Waals surface area contributed by atoms with Crippen molar-refractivity contribution in [1.29, 1.82) is 0 Å². The molecule has 1 N–H and O–H groups in total. The second-order valence-corrected chi connectivity index (χ2v) is 7.38. The highest BCUT2D eigenvalue weighted by molar-refractivity contribution is 5.80. The lowest BCUT2D eigenvalue weighted by Crippen LogP contribution is -2.12. The van der Waals surface area contributed by atoms with E-state index >= 15 is 0 Å². The van der Waals surface area contributed by atoms with E-state index in [-0.39, 0.29) is 0 Å². The Bertz CT molecular complexity index is 936. The third-order valence-corrected chi connectivity index (χ3v) is 5.46. The quantitative estimate of drug-likeness (QED) is 0.380. The van der Waals surface area contributed by atoms with Crippen LogP contribution in [0.2, 0.25) is 0 Å². The maximum Gasteiger partial charge on any atom is 0.0456 e. The molecule has 1 nitrogen and oxygen atoms in total. The highest BCUT2D eigenvalue weighted by Gasteiger charge is 2.21. The maximum atomic E-state index is 3.61. The minimum atomic E-state index is 0.433. The standard InChI is InChI=1S/C26H26N/c1-20(16-17-21-10-4-2-5-11-21)25(22-12-6-3-7-13-22)19-24-18-23-14-8-9-15-26(23)27-24/h2-15,18,25,27H,16-17,19H2,1H3. The molecule has 1 unspecified atom stereocenters. The van der Waals surface area contributed by atoms with Crippen molar-refractivity contribution in [1.82, 2.24) is 4.98 Å². The molecule has 135 valence electrons. The molecule has 27 heavy (non-hydrogen) atoms. The smallest absolute Gasteiger partial charge is 0.0456 e. The Labute approximate surface area is 162 Å². The monoisotopic (exact) mass is 352 g/mol. The molecule has 4 aromatic rings. The van der Waals surface area contributed by atoms with E-state index < -0.39 is 0 Å². The van der Waals surface area contributed by atoms with E-state index in [9.17, 15) is 0 Å². The van der Waals surface area contributed by atoms with Gasteiger partial charge in [-0.25, -0.2) is 0 Å². The maximum absolute atomic E-state index is 3.61. The fourth-order valence-corrected chi connectivity index (χ4v) is 3.89. The van der Waals surface area contributed by atoms with E-state index in [4.69, 9.17) is 0 Å². The third-order valence-electron chi connectivity index (χ3n) is 5.46. The van der Waals surface area contributed by atoms with Crippen LogP contribution in [0.5, 0.6) is 0 Å². The van der Waals surface area contributed by atoms with Crippen molar-refractivity contribution in [3.63, 3.8) is 0 Å². The average molecular weight is 353 g/mol. The van der Waals surface area contributed by atoms with Gasteiger partial charge in [-0.05, 0) is 59.7 Å². The molecule has 0 fully saturated rings. The summed E-state index contributed by atoms with van der Waals surface area (Å²) in [7, 11) is 0. The molecule has 1 heteroatoms. The zero-order valence-corrected chi connectivity index (χ0v) is 15.9. The Hall–Kier alpha value is -2.80. The second-order valence-electron chi connectivity index (χ2n) is 7.38. The zero-order chi connectivity index (χ0) is 18.5. The van der Waals surface area contributed by atoms with E-state index in [1.54, 1.807) is 5.92 Å². The zero-order valence-electron chi connectivity index (χ0n) is 15.9. The summed E-state index contributed by atoms with van der Waals surface area (Å²) >= 11 is 0. The van der Waals surface area contributed by atoms with Gasteiger partial charge in [-0.15, -0.1) is 0 Å². The number of aryl methyl sites for hydroxylation is 1. The lowest BCUT2D eigenvalue weighted by Gasteiger charge is -2.24. The molecule has 0 saturated heterocycles. The van der Waals surface area contributed by atoms with Crippen molar-refractivity contribution in [2.45, 2.75) is 32.1 Å². The molecule has 1 radical (unpaired) electrons. The molecule has 0 bridgehead atoms. The predicted molar refractivity (Wildman–Crippen MR) is 115 cm³/mol. The lowest BCUT2D eigenvalue weighted by molar-refractivity contribution is 0.628. The van der Waals surface area contributed by atoms with Gasteiger partial charge in [-0.2, -0.15) is 0 Å². The summed E-state index contributed by atoms with van der Waals surface area (Å²) in [5.41, 5.74) is 5.35. The van der Waals surface area contributed by atoms with Gasteiger partial charge in [0.25, 0.3) is 0 Å². The van der Waals surface area contributed by atoms with Crippen molar-refractivity contribution < 1.29 is 0 Å². The van der Waals surface area contributed by atoms with Crippen LogP contribution in [0.1, 0.15) is 36.1 Å². The van der Waals surface area contributed by atoms with E-state index in [0.717, 1.165) is 19.3 Å². The summed E-state index contributed by atoms with van der Waals surface area (Å²) in [5.74, 6) is 1.98. The van der Waals surface area contributed by atoms with Gasteiger partial charge >= 0.3 is 0 Å². The van der Waals surface area contributed by atoms with Crippen molar-refractivity contribution in [3.8, 4) is 0 Å². The Morgan fingerprint density at radius 2 is 1.48 bits per heavy atom. The van der Waals surface area contributed by atoms with Crippen LogP contribution in [0, 0.1) is 5.92 Å². The second kappa shape index (κ2) is 8.26. The molecule has 0 spiro atoms. The van der Waals surface area contributed by atoms with E-state index in [1.165, 1.54) is 27.7 Å². The molecule has 3 aromatic carbocycles. The first-order chi connectivity index (χ1) is 13.3. The molecule has 0 aliphatic rings. The van der Waals surface area contributed by atoms with Crippen molar-refractivity contribution in [2.75, 3.05) is 0 Å². The summed E-state index contributed by atoms with van der Waals surface area (Å²) in [4.78, 5) is 3.61. The molecule has 0 saturated carbocycles. The Morgan fingerprint density at radius 3 is 2.22 bits per heavy atom. The van der Waals surface area contributed by atoms with Crippen LogP contribution in [0.3, 0.4) is 0 Å². The Morgan fingerprint density at radius 1 is 0.815 bits per heavy atom. The van der Waals surface area contributed by atoms with Crippen LogP contribution < -0.4 is 0 Å². The SMILES string of the molecule is C[C](CCc1ccccc1)C(Cc1cc2ccccc2[nH]1)c1ccccc1. The molecule has 1 aromatic heterocycles. The topological polar surface area (TPSA) is 15.8 Å². The van der Waals surface area contributed by atoms with E-state index in [2.05, 4.69) is 103 Å². The number of benzene rings is 3. The third kappa shape index (κ3) is 4.31. The number of aromatic nitrogens is 1. The first-order valence-corrected chi connectivity index (χ1v) is 9.77. The van der Waals surface area contributed by atoms with Gasteiger partial charge < -0.3 is 4.98 Å². The summed E-state index contributed by atoms with van der Waals surface area (Å²) in [6, 6.07) is 32.6. The van der Waals surface area contributed by atoms with Gasteiger partial charge in [-0.3, -0.25) is 0 Å². The summed E-state index contributed by atoms with van der Waals surface area (Å²) in [6.45, 7) is 2.32. The number of fused-ring (bicyclic) bond motifs is 1. The summed E-state index contributed by atoms with van der Waals surface area (Å²) < 4.78 is 0. The summed E-state index contributed by atoms with van der Waals surface area (Å²) in [6.07, 6.45) is 3.23. The number of rotatable bonds is 7. The van der Waals surface area contributed by atoms with Crippen LogP contribution in [0.15, 0.2) is 91.0 Å². The average Bonchev–Trinajstić information content (AvgIpc) is 3.14. The molecule has 4 rings (SSSR count). The van der Waals surface area contributed by atoms with Gasteiger partial charge in [0.1, 0.15) is 0 Å². The number of nitrogens with one attached hydrogen (secondary N) is 1. The van der Waals surface area contributed by atoms with Gasteiger partial charge in [0.15, 0.2) is 0 Å². The molecule has 1 atom stereocenters. The van der Waals surface area contributed by atoms with E-state index in [1.807, 2.05) is 0 Å². The van der Waals surface area contributed by atoms with E-state index in [0.29, 0.717) is 5.92 Å². The van der Waals surface area contributed by atoms with Crippen molar-refractivity contribution >= 4 is 10.9 Å². The highest BCUT2D eigenvalue weighted by Crippen LogP contribution is 2.33. The van der Waals surface area contributed by atoms with Crippen LogP contribution >= 0.6 is 0 Å². The Balaban J connectivity index is 1.55. The van der Waals surface area contributed by atoms with Gasteiger partial charge in [0, 0.05) is 11.2 Å². The fourth-order valence-electron chi connectivity index (χ4n) is 3.89. The van der Waals surface area contributed by atoms with Crippen LogP contribution in [-0.4, -0.2) is 4.98 Å². The van der Waals surface area contributed by atoms with Crippen molar-refractivity contribution in [3.05, 3.63) is 114 Å².